The van der Waals surface area contributed by atoms with Gasteiger partial charge in [-0.1, -0.05) is 60.7 Å². The van der Waals surface area contributed by atoms with E-state index in [1.165, 1.54) is 11.1 Å². The number of benzene rings is 2. The summed E-state index contributed by atoms with van der Waals surface area (Å²) in [6.45, 7) is 8.35. The van der Waals surface area contributed by atoms with E-state index < -0.39 is 11.9 Å². The van der Waals surface area contributed by atoms with Gasteiger partial charge in [0, 0.05) is 26.2 Å². The van der Waals surface area contributed by atoms with Crippen molar-refractivity contribution in [2.75, 3.05) is 38.0 Å². The molecular weight excluding hydrogens is 500 g/mol. The van der Waals surface area contributed by atoms with Crippen molar-refractivity contribution in [3.8, 4) is 0 Å². The Morgan fingerprint density at radius 2 is 1.50 bits per heavy atom. The Labute approximate surface area is 227 Å². The number of amides is 2. The maximum Gasteiger partial charge on any atom is 0.341 e. The molecule has 2 amide bonds. The number of hydrogen-bond acceptors (Lipinski definition) is 7. The number of carbonyl (C=O) groups excluding carboxylic acids is 3. The molecule has 0 bridgehead atoms. The van der Waals surface area contributed by atoms with Gasteiger partial charge in [0.05, 0.1) is 29.1 Å². The quantitative estimate of drug-likeness (QED) is 0.401. The molecule has 8 nitrogen and oxygen atoms in total. The molecule has 4 rings (SSSR count). The molecule has 0 aliphatic carbocycles. The van der Waals surface area contributed by atoms with E-state index in [0.29, 0.717) is 10.6 Å². The molecule has 38 heavy (non-hydrogen) atoms. The number of rotatable bonds is 9. The number of nitrogens with zero attached hydrogens (tertiary/aromatic N) is 2. The van der Waals surface area contributed by atoms with Crippen LogP contribution in [0.4, 0.5) is 5.00 Å². The SMILES string of the molecule is Cc1c(C(N)=O)sc(NC(=O)CN2CCN(C(c3ccccc3)c3ccccc3)CC2)c1C(=O)OC(C)C. The van der Waals surface area contributed by atoms with Gasteiger partial charge in [-0.2, -0.15) is 0 Å². The van der Waals surface area contributed by atoms with E-state index >= 15 is 0 Å². The van der Waals surface area contributed by atoms with Gasteiger partial charge >= 0.3 is 5.97 Å². The summed E-state index contributed by atoms with van der Waals surface area (Å²) in [5.41, 5.74) is 8.58. The van der Waals surface area contributed by atoms with Crippen LogP contribution in [-0.2, 0) is 9.53 Å². The zero-order chi connectivity index (χ0) is 27.2. The van der Waals surface area contributed by atoms with Crippen molar-refractivity contribution in [2.24, 2.45) is 5.73 Å². The molecule has 0 atom stereocenters. The number of ether oxygens (including phenoxy) is 1. The van der Waals surface area contributed by atoms with Crippen molar-refractivity contribution in [1.29, 1.82) is 0 Å². The van der Waals surface area contributed by atoms with Crippen LogP contribution < -0.4 is 11.1 Å². The van der Waals surface area contributed by atoms with Crippen molar-refractivity contribution < 1.29 is 19.1 Å². The van der Waals surface area contributed by atoms with Crippen molar-refractivity contribution in [3.63, 3.8) is 0 Å². The smallest absolute Gasteiger partial charge is 0.341 e. The van der Waals surface area contributed by atoms with E-state index in [4.69, 9.17) is 10.5 Å². The van der Waals surface area contributed by atoms with Crippen LogP contribution in [0.5, 0.6) is 0 Å². The summed E-state index contributed by atoms with van der Waals surface area (Å²) in [6, 6.07) is 21.1. The van der Waals surface area contributed by atoms with Gasteiger partial charge in [0.1, 0.15) is 5.00 Å². The fraction of sp³-hybridized carbons (Fsp3) is 0.345. The first kappa shape index (κ1) is 27.5. The van der Waals surface area contributed by atoms with Crippen LogP contribution in [0.3, 0.4) is 0 Å². The van der Waals surface area contributed by atoms with E-state index in [0.717, 1.165) is 37.5 Å². The summed E-state index contributed by atoms with van der Waals surface area (Å²) < 4.78 is 5.34. The molecule has 9 heteroatoms. The second-order valence-corrected chi connectivity index (χ2v) is 10.7. The Hall–Kier alpha value is -3.53. The Balaban J connectivity index is 1.42. The zero-order valence-corrected chi connectivity index (χ0v) is 22.8. The lowest BCUT2D eigenvalue weighted by molar-refractivity contribution is -0.117. The maximum atomic E-state index is 13.0. The van der Waals surface area contributed by atoms with Gasteiger partial charge in [-0.05, 0) is 37.5 Å². The number of piperazine rings is 1. The third-order valence-electron chi connectivity index (χ3n) is 6.54. The lowest BCUT2D eigenvalue weighted by Crippen LogP contribution is -2.49. The predicted octanol–water partition coefficient (Wildman–Crippen LogP) is 4.07. The molecule has 0 unspecified atom stereocenters. The summed E-state index contributed by atoms with van der Waals surface area (Å²) in [7, 11) is 0. The lowest BCUT2D eigenvalue weighted by atomic mass is 9.96. The minimum absolute atomic E-state index is 0.143. The van der Waals surface area contributed by atoms with Crippen molar-refractivity contribution in [1.82, 2.24) is 9.80 Å². The van der Waals surface area contributed by atoms with Gasteiger partial charge in [-0.15, -0.1) is 11.3 Å². The summed E-state index contributed by atoms with van der Waals surface area (Å²) >= 11 is 1.01. The number of nitrogens with one attached hydrogen (secondary N) is 1. The lowest BCUT2D eigenvalue weighted by Gasteiger charge is -2.39. The number of hydrogen-bond donors (Lipinski definition) is 2. The van der Waals surface area contributed by atoms with Crippen molar-refractivity contribution in [3.05, 3.63) is 87.8 Å². The monoisotopic (exact) mass is 534 g/mol. The Morgan fingerprint density at radius 3 is 2.00 bits per heavy atom. The molecule has 1 aliphatic heterocycles. The minimum atomic E-state index is -0.644. The molecule has 2 heterocycles. The zero-order valence-electron chi connectivity index (χ0n) is 22.0. The van der Waals surface area contributed by atoms with Crippen LogP contribution in [0.25, 0.3) is 0 Å². The molecular formula is C29H34N4O4S. The standard InChI is InChI=1S/C29H34N4O4S/c1-19(2)37-29(36)24-20(3)26(27(30)35)38-28(24)31-23(34)18-32-14-16-33(17-15-32)25(21-10-6-4-7-11-21)22-12-8-5-9-13-22/h4-13,19,25H,14-18H2,1-3H3,(H2,30,35)(H,31,34). The number of carbonyl (C=O) groups is 3. The molecule has 0 radical (unpaired) electrons. The Kier molecular flexibility index (Phi) is 8.93. The van der Waals surface area contributed by atoms with Gasteiger partial charge in [0.2, 0.25) is 5.91 Å². The molecule has 1 saturated heterocycles. The summed E-state index contributed by atoms with van der Waals surface area (Å²) in [4.78, 5) is 42.4. The first-order valence-corrected chi connectivity index (χ1v) is 13.6. The van der Waals surface area contributed by atoms with Gasteiger partial charge in [0.15, 0.2) is 0 Å². The second-order valence-electron chi connectivity index (χ2n) is 9.66. The Bertz CT molecular complexity index is 1230. The highest BCUT2D eigenvalue weighted by Crippen LogP contribution is 2.34. The van der Waals surface area contributed by atoms with Gasteiger partial charge in [0.25, 0.3) is 5.91 Å². The van der Waals surface area contributed by atoms with Crippen molar-refractivity contribution >= 4 is 34.1 Å². The topological polar surface area (TPSA) is 105 Å². The number of nitrogens with two attached hydrogens (primary N) is 1. The second kappa shape index (κ2) is 12.3. The fourth-order valence-electron chi connectivity index (χ4n) is 4.79. The van der Waals surface area contributed by atoms with E-state index in [9.17, 15) is 14.4 Å². The van der Waals surface area contributed by atoms with Crippen LogP contribution in [-0.4, -0.2) is 66.4 Å². The molecule has 2 aromatic carbocycles. The average Bonchev–Trinajstić information content (AvgIpc) is 3.22. The molecule has 0 saturated carbocycles. The molecule has 1 aliphatic rings. The van der Waals surface area contributed by atoms with Crippen LogP contribution >= 0.6 is 11.3 Å². The molecule has 0 spiro atoms. The largest absolute Gasteiger partial charge is 0.459 e. The predicted molar refractivity (Wildman–Crippen MR) is 149 cm³/mol. The third kappa shape index (κ3) is 6.48. The van der Waals surface area contributed by atoms with Gasteiger partial charge in [-0.3, -0.25) is 19.4 Å². The van der Waals surface area contributed by atoms with Crippen LogP contribution in [0, 0.1) is 6.92 Å². The maximum absolute atomic E-state index is 13.0. The fourth-order valence-corrected chi connectivity index (χ4v) is 5.85. The highest BCUT2D eigenvalue weighted by Gasteiger charge is 2.29. The highest BCUT2D eigenvalue weighted by atomic mass is 32.1. The van der Waals surface area contributed by atoms with Crippen molar-refractivity contribution in [2.45, 2.75) is 32.9 Å². The Morgan fingerprint density at radius 1 is 0.947 bits per heavy atom. The highest BCUT2D eigenvalue weighted by molar-refractivity contribution is 7.18. The molecule has 1 aromatic heterocycles. The molecule has 3 aromatic rings. The van der Waals surface area contributed by atoms with Crippen LogP contribution in [0.1, 0.15) is 56.6 Å². The molecule has 3 N–H and O–H groups in total. The molecule has 200 valence electrons. The number of esters is 1. The first-order chi connectivity index (χ1) is 18.2. The first-order valence-electron chi connectivity index (χ1n) is 12.7. The minimum Gasteiger partial charge on any atom is -0.459 e. The van der Waals surface area contributed by atoms with E-state index in [1.807, 2.05) is 12.1 Å². The van der Waals surface area contributed by atoms with E-state index in [2.05, 4.69) is 63.6 Å². The third-order valence-corrected chi connectivity index (χ3v) is 7.76. The van der Waals surface area contributed by atoms with E-state index in [-0.39, 0.29) is 35.0 Å². The molecule has 1 fully saturated rings. The normalized spacial score (nSPS) is 14.6. The van der Waals surface area contributed by atoms with Crippen LogP contribution in [0.2, 0.25) is 0 Å². The number of anilines is 1. The summed E-state index contributed by atoms with van der Waals surface area (Å²) in [5.74, 6) is -1.48. The number of thiophene rings is 1. The summed E-state index contributed by atoms with van der Waals surface area (Å²) in [5, 5.41) is 3.12. The van der Waals surface area contributed by atoms with Gasteiger partial charge in [-0.25, -0.2) is 4.79 Å². The van der Waals surface area contributed by atoms with E-state index in [1.54, 1.807) is 20.8 Å². The summed E-state index contributed by atoms with van der Waals surface area (Å²) in [6.07, 6.45) is -0.339. The van der Waals surface area contributed by atoms with Crippen LogP contribution in [0.15, 0.2) is 60.7 Å². The van der Waals surface area contributed by atoms with Gasteiger partial charge < -0.3 is 15.8 Å². The average molecular weight is 535 g/mol. The number of primary amides is 1.